The Kier molecular flexibility index (Phi) is 5.29. The zero-order valence-corrected chi connectivity index (χ0v) is 13.7. The summed E-state index contributed by atoms with van der Waals surface area (Å²) in [5.74, 6) is 0.292. The summed E-state index contributed by atoms with van der Waals surface area (Å²) in [6, 6.07) is 6.09. The maximum Gasteiger partial charge on any atom is 0.243 e. The Balaban J connectivity index is 2.22. The first-order valence-electron chi connectivity index (χ1n) is 6.94. The first-order valence-corrected chi connectivity index (χ1v) is 9.01. The Labute approximate surface area is 131 Å². The first-order chi connectivity index (χ1) is 9.96. The molecule has 0 bridgehead atoms. The molecule has 1 saturated heterocycles. The van der Waals surface area contributed by atoms with Crippen LogP contribution in [-0.2, 0) is 14.8 Å². The van der Waals surface area contributed by atoms with Crippen molar-refractivity contribution < 1.29 is 13.2 Å². The Morgan fingerprint density at radius 3 is 2.67 bits per heavy atom. The second kappa shape index (κ2) is 6.81. The Morgan fingerprint density at radius 1 is 1.38 bits per heavy atom. The minimum Gasteiger partial charge on any atom is -0.354 e. The van der Waals surface area contributed by atoms with Crippen LogP contribution in [0.3, 0.4) is 0 Å². The van der Waals surface area contributed by atoms with Crippen molar-refractivity contribution >= 4 is 28.6 Å². The fourth-order valence-electron chi connectivity index (χ4n) is 2.43. The largest absolute Gasteiger partial charge is 0.354 e. The van der Waals surface area contributed by atoms with Crippen molar-refractivity contribution in [3.05, 3.63) is 29.8 Å². The zero-order chi connectivity index (χ0) is 15.5. The van der Waals surface area contributed by atoms with Crippen molar-refractivity contribution in [2.24, 2.45) is 0 Å². The molecule has 0 aliphatic carbocycles. The number of hydrogen-bond donors (Lipinski definition) is 2. The van der Waals surface area contributed by atoms with Crippen LogP contribution < -0.4 is 5.32 Å². The van der Waals surface area contributed by atoms with E-state index in [1.165, 1.54) is 4.31 Å². The normalized spacial score (nSPS) is 19.6. The van der Waals surface area contributed by atoms with Crippen LogP contribution in [0.4, 0.5) is 0 Å². The van der Waals surface area contributed by atoms with Gasteiger partial charge in [0.1, 0.15) is 6.04 Å². The zero-order valence-electron chi connectivity index (χ0n) is 11.9. The van der Waals surface area contributed by atoms with E-state index in [-0.39, 0.29) is 10.8 Å². The minimum absolute atomic E-state index is 0.238. The van der Waals surface area contributed by atoms with Crippen LogP contribution in [0.2, 0.25) is 0 Å². The van der Waals surface area contributed by atoms with E-state index >= 15 is 0 Å². The smallest absolute Gasteiger partial charge is 0.243 e. The maximum atomic E-state index is 12.7. The van der Waals surface area contributed by atoms with Crippen LogP contribution in [0.25, 0.3) is 0 Å². The summed E-state index contributed by atoms with van der Waals surface area (Å²) < 4.78 is 26.6. The quantitative estimate of drug-likeness (QED) is 0.798. The van der Waals surface area contributed by atoms with Crippen molar-refractivity contribution in [3.8, 4) is 0 Å². The van der Waals surface area contributed by atoms with Gasteiger partial charge in [-0.15, -0.1) is 0 Å². The van der Waals surface area contributed by atoms with Gasteiger partial charge in [0.2, 0.25) is 15.9 Å². The van der Waals surface area contributed by atoms with Gasteiger partial charge in [-0.1, -0.05) is 17.7 Å². The number of thiol groups is 1. The minimum atomic E-state index is -3.62. The van der Waals surface area contributed by atoms with Gasteiger partial charge in [0.05, 0.1) is 4.90 Å². The number of nitrogens with one attached hydrogen (secondary N) is 1. The van der Waals surface area contributed by atoms with Gasteiger partial charge in [0.25, 0.3) is 0 Å². The molecule has 7 heteroatoms. The van der Waals surface area contributed by atoms with Crippen LogP contribution in [0, 0.1) is 6.92 Å². The molecule has 2 rings (SSSR count). The van der Waals surface area contributed by atoms with Gasteiger partial charge in [-0.25, -0.2) is 8.42 Å². The number of amides is 1. The topological polar surface area (TPSA) is 66.5 Å². The predicted octanol–water partition coefficient (Wildman–Crippen LogP) is 1.19. The molecule has 1 aromatic rings. The van der Waals surface area contributed by atoms with E-state index in [9.17, 15) is 13.2 Å². The lowest BCUT2D eigenvalue weighted by Crippen LogP contribution is -2.46. The van der Waals surface area contributed by atoms with Crippen molar-refractivity contribution in [1.29, 1.82) is 0 Å². The molecule has 1 unspecified atom stereocenters. The summed E-state index contributed by atoms with van der Waals surface area (Å²) in [5, 5.41) is 2.72. The van der Waals surface area contributed by atoms with E-state index in [2.05, 4.69) is 17.9 Å². The van der Waals surface area contributed by atoms with Gasteiger partial charge in [0, 0.05) is 18.8 Å². The molecule has 1 amide bonds. The number of carbonyl (C=O) groups is 1. The van der Waals surface area contributed by atoms with Crippen molar-refractivity contribution in [3.63, 3.8) is 0 Å². The Bertz CT molecular complexity index is 599. The number of benzene rings is 1. The molecule has 1 N–H and O–H groups in total. The first kappa shape index (κ1) is 16.3. The van der Waals surface area contributed by atoms with Crippen molar-refractivity contribution in [2.45, 2.75) is 30.7 Å². The molecule has 1 heterocycles. The molecule has 21 heavy (non-hydrogen) atoms. The van der Waals surface area contributed by atoms with Crippen LogP contribution in [0.1, 0.15) is 18.4 Å². The molecule has 116 valence electrons. The number of aryl methyl sites for hydroxylation is 1. The molecule has 1 atom stereocenters. The lowest BCUT2D eigenvalue weighted by molar-refractivity contribution is -0.124. The highest BCUT2D eigenvalue weighted by atomic mass is 32.2. The van der Waals surface area contributed by atoms with Crippen molar-refractivity contribution in [2.75, 3.05) is 18.8 Å². The fraction of sp³-hybridized carbons (Fsp3) is 0.500. The fourth-order valence-corrected chi connectivity index (χ4v) is 4.20. The Morgan fingerprint density at radius 2 is 2.05 bits per heavy atom. The third-order valence-corrected chi connectivity index (χ3v) is 5.69. The molecular weight excluding hydrogens is 308 g/mol. The highest BCUT2D eigenvalue weighted by molar-refractivity contribution is 7.89. The molecule has 1 aliphatic heterocycles. The van der Waals surface area contributed by atoms with Crippen LogP contribution >= 0.6 is 12.6 Å². The molecule has 0 spiro atoms. The number of carbonyl (C=O) groups excluding carboxylic acids is 1. The molecule has 1 aromatic carbocycles. The van der Waals surface area contributed by atoms with Gasteiger partial charge < -0.3 is 5.32 Å². The molecule has 1 fully saturated rings. The molecule has 1 aliphatic rings. The van der Waals surface area contributed by atoms with Crippen LogP contribution in [-0.4, -0.2) is 43.5 Å². The molecule has 5 nitrogen and oxygen atoms in total. The predicted molar refractivity (Wildman–Crippen MR) is 85.0 cm³/mol. The molecular formula is C14H20N2O3S2. The monoisotopic (exact) mass is 328 g/mol. The molecule has 0 saturated carbocycles. The Hall–Kier alpha value is -1.05. The van der Waals surface area contributed by atoms with Gasteiger partial charge >= 0.3 is 0 Å². The highest BCUT2D eigenvalue weighted by Crippen LogP contribution is 2.26. The van der Waals surface area contributed by atoms with E-state index in [0.29, 0.717) is 31.7 Å². The molecule has 0 radical (unpaired) electrons. The van der Waals surface area contributed by atoms with Crippen LogP contribution in [0.5, 0.6) is 0 Å². The van der Waals surface area contributed by atoms with E-state index in [0.717, 1.165) is 5.56 Å². The third kappa shape index (κ3) is 3.59. The number of nitrogens with zero attached hydrogens (tertiary/aromatic N) is 1. The van der Waals surface area contributed by atoms with Gasteiger partial charge in [-0.3, -0.25) is 4.79 Å². The van der Waals surface area contributed by atoms with Crippen molar-refractivity contribution in [1.82, 2.24) is 9.62 Å². The summed E-state index contributed by atoms with van der Waals surface area (Å²) in [4.78, 5) is 12.3. The number of rotatable bonds is 5. The SMILES string of the molecule is Cc1ccc(S(=O)(=O)N2CCCC2C(=O)NCCS)cc1. The van der Waals surface area contributed by atoms with E-state index in [1.807, 2.05) is 6.92 Å². The number of sulfonamides is 1. The van der Waals surface area contributed by atoms with Gasteiger partial charge in [-0.2, -0.15) is 16.9 Å². The van der Waals surface area contributed by atoms with Gasteiger partial charge in [0.15, 0.2) is 0 Å². The summed E-state index contributed by atoms with van der Waals surface area (Å²) in [5.41, 5.74) is 0.999. The third-order valence-electron chi connectivity index (χ3n) is 3.54. The van der Waals surface area contributed by atoms with E-state index < -0.39 is 16.1 Å². The van der Waals surface area contributed by atoms with E-state index in [1.54, 1.807) is 24.3 Å². The second-order valence-corrected chi connectivity index (χ2v) is 7.44. The average Bonchev–Trinajstić information content (AvgIpc) is 2.95. The van der Waals surface area contributed by atoms with Gasteiger partial charge in [-0.05, 0) is 31.9 Å². The lowest BCUT2D eigenvalue weighted by Gasteiger charge is -2.23. The summed E-state index contributed by atoms with van der Waals surface area (Å²) in [7, 11) is -3.62. The maximum absolute atomic E-state index is 12.7. The van der Waals surface area contributed by atoms with E-state index in [4.69, 9.17) is 0 Å². The average molecular weight is 328 g/mol. The lowest BCUT2D eigenvalue weighted by atomic mass is 10.2. The number of hydrogen-bond acceptors (Lipinski definition) is 4. The standard InChI is InChI=1S/C14H20N2O3S2/c1-11-4-6-12(7-5-11)21(18,19)16-9-2-3-13(16)14(17)15-8-10-20/h4-7,13,20H,2-3,8-10H2,1H3,(H,15,17). The highest BCUT2D eigenvalue weighted by Gasteiger charge is 2.39. The van der Waals surface area contributed by atoms with Crippen LogP contribution in [0.15, 0.2) is 29.2 Å². The summed E-state index contributed by atoms with van der Waals surface area (Å²) >= 11 is 4.04. The second-order valence-electron chi connectivity index (χ2n) is 5.10. The summed E-state index contributed by atoms with van der Waals surface area (Å²) in [6.07, 6.45) is 1.26. The summed E-state index contributed by atoms with van der Waals surface area (Å²) in [6.45, 7) is 2.73. The molecule has 0 aromatic heterocycles.